The average molecular weight is 431 g/mol. The predicted octanol–water partition coefficient (Wildman–Crippen LogP) is 3.80. The third-order valence-corrected chi connectivity index (χ3v) is 4.91. The molecule has 0 radical (unpaired) electrons. The largest absolute Gasteiger partial charge is 0.450 e. The van der Waals surface area contributed by atoms with E-state index in [2.05, 4.69) is 10.6 Å². The van der Waals surface area contributed by atoms with Crippen LogP contribution in [0.25, 0.3) is 0 Å². The fourth-order valence-corrected chi connectivity index (χ4v) is 3.16. The van der Waals surface area contributed by atoms with Crippen LogP contribution in [-0.2, 0) is 20.9 Å². The third kappa shape index (κ3) is 6.28. The van der Waals surface area contributed by atoms with Crippen molar-refractivity contribution in [3.63, 3.8) is 0 Å². The van der Waals surface area contributed by atoms with Crippen molar-refractivity contribution in [3.8, 4) is 0 Å². The SMILES string of the molecule is CC[C@@H](OC(=O)[C@H](NC(=O)c1ccccc1)c1ccccc1)C(=O)NCc1ccccc1. The number of amides is 2. The van der Waals surface area contributed by atoms with Crippen molar-refractivity contribution in [1.29, 1.82) is 0 Å². The van der Waals surface area contributed by atoms with Crippen LogP contribution in [-0.4, -0.2) is 23.9 Å². The van der Waals surface area contributed by atoms with E-state index < -0.39 is 24.0 Å². The fourth-order valence-electron chi connectivity index (χ4n) is 3.16. The minimum absolute atomic E-state index is 0.306. The van der Waals surface area contributed by atoms with Crippen molar-refractivity contribution in [1.82, 2.24) is 10.6 Å². The quantitative estimate of drug-likeness (QED) is 0.506. The molecule has 0 bridgehead atoms. The molecule has 2 N–H and O–H groups in total. The van der Waals surface area contributed by atoms with Crippen LogP contribution in [0.15, 0.2) is 91.0 Å². The Balaban J connectivity index is 1.70. The molecule has 164 valence electrons. The van der Waals surface area contributed by atoms with Crippen molar-refractivity contribution in [3.05, 3.63) is 108 Å². The second-order valence-corrected chi connectivity index (χ2v) is 7.22. The summed E-state index contributed by atoms with van der Waals surface area (Å²) in [5, 5.41) is 5.53. The minimum atomic E-state index is -1.04. The van der Waals surface area contributed by atoms with Crippen LogP contribution in [0.2, 0.25) is 0 Å². The van der Waals surface area contributed by atoms with Crippen LogP contribution in [0.4, 0.5) is 0 Å². The molecular formula is C26H26N2O4. The summed E-state index contributed by atoms with van der Waals surface area (Å²) in [6, 6.07) is 25.9. The van der Waals surface area contributed by atoms with Gasteiger partial charge in [-0.2, -0.15) is 0 Å². The molecule has 3 rings (SSSR count). The maximum absolute atomic E-state index is 13.0. The molecule has 0 spiro atoms. The van der Waals surface area contributed by atoms with Gasteiger partial charge in [-0.05, 0) is 29.7 Å². The lowest BCUT2D eigenvalue weighted by Crippen LogP contribution is -2.41. The zero-order chi connectivity index (χ0) is 22.8. The first-order valence-corrected chi connectivity index (χ1v) is 10.5. The van der Waals surface area contributed by atoms with Crippen LogP contribution in [0.5, 0.6) is 0 Å². The standard InChI is InChI=1S/C26H26N2O4/c1-2-22(25(30)27-18-19-12-6-3-7-13-19)32-26(31)23(20-14-8-4-9-15-20)28-24(29)21-16-10-5-11-17-21/h3-17,22-23H,2,18H2,1H3,(H,27,30)(H,28,29)/t22-,23-/m1/s1. The Labute approximate surface area is 187 Å². The Kier molecular flexibility index (Phi) is 8.15. The van der Waals surface area contributed by atoms with Crippen molar-refractivity contribution < 1.29 is 19.1 Å². The van der Waals surface area contributed by atoms with Gasteiger partial charge in [-0.3, -0.25) is 9.59 Å². The van der Waals surface area contributed by atoms with Gasteiger partial charge in [0.1, 0.15) is 0 Å². The van der Waals surface area contributed by atoms with Crippen LogP contribution in [0.3, 0.4) is 0 Å². The van der Waals surface area contributed by atoms with Crippen LogP contribution >= 0.6 is 0 Å². The lowest BCUT2D eigenvalue weighted by atomic mass is 10.1. The second-order valence-electron chi connectivity index (χ2n) is 7.22. The Morgan fingerprint density at radius 3 is 1.97 bits per heavy atom. The van der Waals surface area contributed by atoms with Crippen LogP contribution < -0.4 is 10.6 Å². The lowest BCUT2D eigenvalue weighted by molar-refractivity contribution is -0.158. The number of nitrogens with one attached hydrogen (secondary N) is 2. The zero-order valence-electron chi connectivity index (χ0n) is 17.9. The third-order valence-electron chi connectivity index (χ3n) is 4.91. The van der Waals surface area contributed by atoms with Gasteiger partial charge in [-0.1, -0.05) is 85.8 Å². The number of carbonyl (C=O) groups excluding carboxylic acids is 3. The number of esters is 1. The first-order chi connectivity index (χ1) is 15.6. The topological polar surface area (TPSA) is 84.5 Å². The van der Waals surface area contributed by atoms with E-state index in [1.54, 1.807) is 61.5 Å². The molecule has 0 aliphatic heterocycles. The maximum Gasteiger partial charge on any atom is 0.334 e. The molecule has 3 aromatic carbocycles. The molecular weight excluding hydrogens is 404 g/mol. The van der Waals surface area contributed by atoms with Crippen LogP contribution in [0.1, 0.15) is 40.9 Å². The van der Waals surface area contributed by atoms with Crippen molar-refractivity contribution >= 4 is 17.8 Å². The fraction of sp³-hybridized carbons (Fsp3) is 0.192. The Morgan fingerprint density at radius 1 is 0.812 bits per heavy atom. The Morgan fingerprint density at radius 2 is 1.38 bits per heavy atom. The van der Waals surface area contributed by atoms with E-state index >= 15 is 0 Å². The van der Waals surface area contributed by atoms with Gasteiger partial charge in [0.2, 0.25) is 0 Å². The normalized spacial score (nSPS) is 12.3. The second kappa shape index (κ2) is 11.5. The summed E-state index contributed by atoms with van der Waals surface area (Å²) < 4.78 is 5.54. The highest BCUT2D eigenvalue weighted by atomic mass is 16.5. The molecule has 6 heteroatoms. The maximum atomic E-state index is 13.0. The highest BCUT2D eigenvalue weighted by molar-refractivity contribution is 5.97. The molecule has 0 aromatic heterocycles. The van der Waals surface area contributed by atoms with Crippen molar-refractivity contribution in [2.75, 3.05) is 0 Å². The van der Waals surface area contributed by atoms with E-state index in [0.717, 1.165) is 5.56 Å². The minimum Gasteiger partial charge on any atom is -0.450 e. The number of rotatable bonds is 9. The van der Waals surface area contributed by atoms with E-state index in [9.17, 15) is 14.4 Å². The van der Waals surface area contributed by atoms with E-state index in [0.29, 0.717) is 24.1 Å². The van der Waals surface area contributed by atoms with Gasteiger partial charge < -0.3 is 15.4 Å². The summed E-state index contributed by atoms with van der Waals surface area (Å²) in [4.78, 5) is 38.3. The van der Waals surface area contributed by atoms with Gasteiger partial charge in [0.25, 0.3) is 11.8 Å². The summed E-state index contributed by atoms with van der Waals surface area (Å²) in [6.07, 6.45) is -0.661. The van der Waals surface area contributed by atoms with E-state index in [1.165, 1.54) is 0 Å². The molecule has 0 aliphatic rings. The van der Waals surface area contributed by atoms with Crippen molar-refractivity contribution in [2.24, 2.45) is 0 Å². The number of benzene rings is 3. The van der Waals surface area contributed by atoms with E-state index in [4.69, 9.17) is 4.74 Å². The molecule has 0 saturated carbocycles. The van der Waals surface area contributed by atoms with Gasteiger partial charge in [0, 0.05) is 12.1 Å². The summed E-state index contributed by atoms with van der Waals surface area (Å²) in [6.45, 7) is 2.10. The molecule has 32 heavy (non-hydrogen) atoms. The van der Waals surface area contributed by atoms with Gasteiger partial charge in [-0.15, -0.1) is 0 Å². The molecule has 0 aliphatic carbocycles. The average Bonchev–Trinajstić information content (AvgIpc) is 2.85. The van der Waals surface area contributed by atoms with Crippen molar-refractivity contribution in [2.45, 2.75) is 32.0 Å². The summed E-state index contributed by atoms with van der Waals surface area (Å²) in [7, 11) is 0. The summed E-state index contributed by atoms with van der Waals surface area (Å²) in [5.74, 6) is -1.48. The monoisotopic (exact) mass is 430 g/mol. The highest BCUT2D eigenvalue weighted by Gasteiger charge is 2.29. The molecule has 2 amide bonds. The summed E-state index contributed by atoms with van der Waals surface area (Å²) in [5.41, 5.74) is 1.94. The molecule has 0 unspecified atom stereocenters. The first-order valence-electron chi connectivity index (χ1n) is 10.5. The number of carbonyl (C=O) groups is 3. The lowest BCUT2D eigenvalue weighted by Gasteiger charge is -2.22. The summed E-state index contributed by atoms with van der Waals surface area (Å²) >= 11 is 0. The molecule has 3 aromatic rings. The zero-order valence-corrected chi connectivity index (χ0v) is 17.9. The van der Waals surface area contributed by atoms with E-state index in [-0.39, 0.29) is 5.91 Å². The molecule has 2 atom stereocenters. The predicted molar refractivity (Wildman–Crippen MR) is 122 cm³/mol. The van der Waals surface area contributed by atoms with Gasteiger partial charge in [0.15, 0.2) is 12.1 Å². The van der Waals surface area contributed by atoms with Gasteiger partial charge in [0.05, 0.1) is 0 Å². The number of hydrogen-bond acceptors (Lipinski definition) is 4. The van der Waals surface area contributed by atoms with E-state index in [1.807, 2.05) is 36.4 Å². The number of hydrogen-bond donors (Lipinski definition) is 2. The molecule has 6 nitrogen and oxygen atoms in total. The molecule has 0 fully saturated rings. The van der Waals surface area contributed by atoms with Gasteiger partial charge in [-0.25, -0.2) is 4.79 Å². The first kappa shape index (κ1) is 22.7. The Hall–Kier alpha value is -3.93. The number of ether oxygens (including phenoxy) is 1. The van der Waals surface area contributed by atoms with Gasteiger partial charge >= 0.3 is 5.97 Å². The Bertz CT molecular complexity index is 1020. The highest BCUT2D eigenvalue weighted by Crippen LogP contribution is 2.17. The molecule has 0 heterocycles. The molecule has 0 saturated heterocycles. The van der Waals surface area contributed by atoms with Crippen LogP contribution in [0, 0.1) is 0 Å². The smallest absolute Gasteiger partial charge is 0.334 e.